The fourth-order valence-corrected chi connectivity index (χ4v) is 6.22. The van der Waals surface area contributed by atoms with Crippen LogP contribution in [0, 0.1) is 6.92 Å². The number of nitrogens with one attached hydrogen (secondary N) is 1. The van der Waals surface area contributed by atoms with Crippen molar-refractivity contribution in [2.75, 3.05) is 25.0 Å². The topological polar surface area (TPSA) is 83.4 Å². The number of anilines is 1. The molecule has 0 spiro atoms. The molecule has 42 heavy (non-hydrogen) atoms. The van der Waals surface area contributed by atoms with Gasteiger partial charge in [0.1, 0.15) is 0 Å². The maximum atomic E-state index is 13.5. The number of piperazine rings is 1. The molecule has 6 rings (SSSR count). The van der Waals surface area contributed by atoms with Gasteiger partial charge in [-0.1, -0.05) is 70.5 Å². The van der Waals surface area contributed by atoms with Crippen molar-refractivity contribution in [3.63, 3.8) is 0 Å². The number of carbonyl (C=O) groups excluding carboxylic acids is 2. The molecule has 1 N–H and O–H groups in total. The molecule has 0 bridgehead atoms. The number of amides is 3. The van der Waals surface area contributed by atoms with Crippen LogP contribution in [-0.4, -0.2) is 62.2 Å². The van der Waals surface area contributed by atoms with E-state index in [2.05, 4.69) is 62.7 Å². The first kappa shape index (κ1) is 27.9. The number of carbonyl (C=O) groups is 2. The standard InChI is InChI=1S/C32H29BrN6O2S/c1-21-19-37(16-17-38(21)31(41)35-27-14-12-26(33)13-15-27)30(40)28-18-34-39(22(28)2)32-36-29(20-42-32)25-10-8-24(9-11-25)23-6-4-3-5-7-23/h3-15,18,20-21H,16-17,19H2,1-2H3,(H,35,41). The second kappa shape index (κ2) is 11.9. The molecule has 8 nitrogen and oxygen atoms in total. The lowest BCUT2D eigenvalue weighted by Gasteiger charge is -2.39. The molecule has 1 atom stereocenters. The molecule has 1 aliphatic heterocycles. The zero-order valence-corrected chi connectivity index (χ0v) is 25.6. The molecular formula is C32H29BrN6O2S. The number of benzene rings is 3. The third-order valence-electron chi connectivity index (χ3n) is 7.47. The van der Waals surface area contributed by atoms with Crippen molar-refractivity contribution in [2.45, 2.75) is 19.9 Å². The molecular weight excluding hydrogens is 612 g/mol. The molecule has 0 saturated carbocycles. The Labute approximate surface area is 256 Å². The average Bonchev–Trinajstić information content (AvgIpc) is 3.65. The number of nitrogens with zero attached hydrogens (tertiary/aromatic N) is 5. The van der Waals surface area contributed by atoms with Gasteiger partial charge in [0.05, 0.1) is 23.1 Å². The van der Waals surface area contributed by atoms with Crippen LogP contribution in [-0.2, 0) is 0 Å². The Bertz CT molecular complexity index is 1720. The Hall–Kier alpha value is -4.28. The van der Waals surface area contributed by atoms with Crippen LogP contribution in [0.5, 0.6) is 0 Å². The highest BCUT2D eigenvalue weighted by molar-refractivity contribution is 9.10. The number of hydrogen-bond acceptors (Lipinski definition) is 5. The molecule has 3 heterocycles. The van der Waals surface area contributed by atoms with Gasteiger partial charge in [0, 0.05) is 46.8 Å². The predicted octanol–water partition coefficient (Wildman–Crippen LogP) is 7.11. The Morgan fingerprint density at radius 1 is 0.929 bits per heavy atom. The fourth-order valence-electron chi connectivity index (χ4n) is 5.11. The maximum Gasteiger partial charge on any atom is 0.322 e. The minimum Gasteiger partial charge on any atom is -0.335 e. The molecule has 2 aromatic heterocycles. The van der Waals surface area contributed by atoms with Gasteiger partial charge in [-0.25, -0.2) is 14.5 Å². The van der Waals surface area contributed by atoms with E-state index in [4.69, 9.17) is 4.98 Å². The van der Waals surface area contributed by atoms with Crippen LogP contribution < -0.4 is 5.32 Å². The van der Waals surface area contributed by atoms with Gasteiger partial charge in [-0.2, -0.15) is 5.10 Å². The van der Waals surface area contributed by atoms with E-state index in [0.717, 1.165) is 32.7 Å². The zero-order valence-electron chi connectivity index (χ0n) is 23.2. The quantitative estimate of drug-likeness (QED) is 0.222. The first-order chi connectivity index (χ1) is 20.4. The first-order valence-electron chi connectivity index (χ1n) is 13.7. The number of rotatable bonds is 5. The minimum atomic E-state index is -0.171. The summed E-state index contributed by atoms with van der Waals surface area (Å²) in [5.41, 5.74) is 6.22. The number of aromatic nitrogens is 3. The van der Waals surface area contributed by atoms with Crippen LogP contribution >= 0.6 is 27.3 Å². The highest BCUT2D eigenvalue weighted by atomic mass is 79.9. The summed E-state index contributed by atoms with van der Waals surface area (Å²) >= 11 is 4.90. The smallest absolute Gasteiger partial charge is 0.322 e. The summed E-state index contributed by atoms with van der Waals surface area (Å²) in [6.45, 7) is 5.18. The Morgan fingerprint density at radius 3 is 2.33 bits per heavy atom. The second-order valence-electron chi connectivity index (χ2n) is 10.2. The summed E-state index contributed by atoms with van der Waals surface area (Å²) in [6, 6.07) is 25.8. The van der Waals surface area contributed by atoms with E-state index < -0.39 is 0 Å². The maximum absolute atomic E-state index is 13.5. The lowest BCUT2D eigenvalue weighted by molar-refractivity contribution is 0.0591. The molecule has 5 aromatic rings. The molecule has 10 heteroatoms. The van der Waals surface area contributed by atoms with Crippen molar-refractivity contribution in [1.29, 1.82) is 0 Å². The van der Waals surface area contributed by atoms with Gasteiger partial charge >= 0.3 is 6.03 Å². The summed E-state index contributed by atoms with van der Waals surface area (Å²) in [4.78, 5) is 34.8. The molecule has 1 aliphatic rings. The van der Waals surface area contributed by atoms with Gasteiger partial charge in [-0.05, 0) is 49.2 Å². The van der Waals surface area contributed by atoms with Gasteiger partial charge in [0.25, 0.3) is 5.91 Å². The zero-order chi connectivity index (χ0) is 29.2. The summed E-state index contributed by atoms with van der Waals surface area (Å²) < 4.78 is 2.68. The van der Waals surface area contributed by atoms with Crippen molar-refractivity contribution in [3.8, 4) is 27.5 Å². The van der Waals surface area contributed by atoms with Crippen LogP contribution in [0.25, 0.3) is 27.5 Å². The third kappa shape index (κ3) is 5.73. The van der Waals surface area contributed by atoms with Crippen molar-refractivity contribution in [3.05, 3.63) is 106 Å². The number of halogens is 1. The highest BCUT2D eigenvalue weighted by Gasteiger charge is 2.31. The highest BCUT2D eigenvalue weighted by Crippen LogP contribution is 2.28. The van der Waals surface area contributed by atoms with E-state index in [-0.39, 0.29) is 18.0 Å². The molecule has 3 amide bonds. The summed E-state index contributed by atoms with van der Waals surface area (Å²) in [5.74, 6) is -0.0909. The van der Waals surface area contributed by atoms with Crippen molar-refractivity contribution in [2.24, 2.45) is 0 Å². The molecule has 212 valence electrons. The summed E-state index contributed by atoms with van der Waals surface area (Å²) in [5, 5.41) is 10.2. The molecule has 3 aromatic carbocycles. The number of hydrogen-bond donors (Lipinski definition) is 1. The average molecular weight is 642 g/mol. The fraction of sp³-hybridized carbons (Fsp3) is 0.188. The molecule has 0 radical (unpaired) electrons. The third-order valence-corrected chi connectivity index (χ3v) is 8.82. The van der Waals surface area contributed by atoms with Gasteiger partial charge in [0.2, 0.25) is 5.13 Å². The van der Waals surface area contributed by atoms with Gasteiger partial charge in [0.15, 0.2) is 0 Å². The predicted molar refractivity (Wildman–Crippen MR) is 170 cm³/mol. The van der Waals surface area contributed by atoms with E-state index in [9.17, 15) is 9.59 Å². The molecule has 1 saturated heterocycles. The van der Waals surface area contributed by atoms with E-state index >= 15 is 0 Å². The van der Waals surface area contributed by atoms with Crippen LogP contribution in [0.4, 0.5) is 10.5 Å². The van der Waals surface area contributed by atoms with Crippen LogP contribution in [0.15, 0.2) is 94.9 Å². The Balaban J connectivity index is 1.11. The second-order valence-corrected chi connectivity index (χ2v) is 12.0. The van der Waals surface area contributed by atoms with E-state index in [1.807, 2.05) is 61.7 Å². The summed E-state index contributed by atoms with van der Waals surface area (Å²) in [6.07, 6.45) is 1.62. The van der Waals surface area contributed by atoms with Gasteiger partial charge in [-0.3, -0.25) is 4.79 Å². The Morgan fingerprint density at radius 2 is 1.62 bits per heavy atom. The van der Waals surface area contributed by atoms with Crippen LogP contribution in [0.1, 0.15) is 23.0 Å². The first-order valence-corrected chi connectivity index (χ1v) is 15.3. The summed E-state index contributed by atoms with van der Waals surface area (Å²) in [7, 11) is 0. The Kier molecular flexibility index (Phi) is 7.90. The van der Waals surface area contributed by atoms with Crippen molar-refractivity contribution < 1.29 is 9.59 Å². The monoisotopic (exact) mass is 640 g/mol. The molecule has 1 fully saturated rings. The number of urea groups is 1. The van der Waals surface area contributed by atoms with Crippen LogP contribution in [0.2, 0.25) is 0 Å². The van der Waals surface area contributed by atoms with Crippen molar-refractivity contribution in [1.82, 2.24) is 24.6 Å². The normalized spacial score (nSPS) is 15.1. The SMILES string of the molecule is Cc1c(C(=O)N2CCN(C(=O)Nc3ccc(Br)cc3)C(C)C2)cnn1-c1nc(-c2ccc(-c3ccccc3)cc2)cs1. The van der Waals surface area contributed by atoms with Gasteiger partial charge in [-0.15, -0.1) is 11.3 Å². The largest absolute Gasteiger partial charge is 0.335 e. The van der Waals surface area contributed by atoms with Gasteiger partial charge < -0.3 is 15.1 Å². The lowest BCUT2D eigenvalue weighted by Crippen LogP contribution is -2.56. The van der Waals surface area contributed by atoms with Crippen LogP contribution in [0.3, 0.4) is 0 Å². The van der Waals surface area contributed by atoms with E-state index in [1.54, 1.807) is 20.7 Å². The lowest BCUT2D eigenvalue weighted by atomic mass is 10.0. The van der Waals surface area contributed by atoms with E-state index in [1.165, 1.54) is 16.9 Å². The number of thiazole rings is 1. The molecule has 1 unspecified atom stereocenters. The molecule has 0 aliphatic carbocycles. The van der Waals surface area contributed by atoms with Crippen molar-refractivity contribution >= 4 is 44.9 Å². The minimum absolute atomic E-state index is 0.0909. The van der Waals surface area contributed by atoms with E-state index in [0.29, 0.717) is 30.3 Å².